The second-order valence-electron chi connectivity index (χ2n) is 3.96. The van der Waals surface area contributed by atoms with E-state index in [0.717, 1.165) is 0 Å². The Morgan fingerprint density at radius 3 is 3.00 bits per heavy atom. The van der Waals surface area contributed by atoms with Crippen molar-refractivity contribution >= 4 is 23.2 Å². The van der Waals surface area contributed by atoms with Gasteiger partial charge in [0.15, 0.2) is 10.8 Å². The number of furan rings is 1. The van der Waals surface area contributed by atoms with Crippen LogP contribution >= 0.6 is 11.3 Å². The molecule has 0 saturated heterocycles. The Morgan fingerprint density at radius 1 is 1.55 bits per heavy atom. The lowest BCUT2D eigenvalue weighted by atomic mass is 10.3. The van der Waals surface area contributed by atoms with E-state index in [0.29, 0.717) is 10.8 Å². The number of hydrogen-bond donors (Lipinski definition) is 1. The molecule has 0 aliphatic carbocycles. The Labute approximate surface area is 119 Å². The Bertz CT molecular complexity index is 591. The van der Waals surface area contributed by atoms with E-state index in [4.69, 9.17) is 9.15 Å². The molecule has 0 fully saturated rings. The van der Waals surface area contributed by atoms with E-state index in [1.807, 2.05) is 0 Å². The fourth-order valence-electron chi connectivity index (χ4n) is 1.49. The monoisotopic (exact) mass is 294 g/mol. The van der Waals surface area contributed by atoms with Crippen molar-refractivity contribution in [1.29, 1.82) is 0 Å². The molecule has 2 aromatic rings. The quantitative estimate of drug-likeness (QED) is 0.854. The summed E-state index contributed by atoms with van der Waals surface area (Å²) in [6.45, 7) is 3.55. The third kappa shape index (κ3) is 3.24. The summed E-state index contributed by atoms with van der Waals surface area (Å²) in [5.74, 6) is -0.283. The normalized spacial score (nSPS) is 11.9. The van der Waals surface area contributed by atoms with Gasteiger partial charge in [0.2, 0.25) is 0 Å². The van der Waals surface area contributed by atoms with Crippen molar-refractivity contribution in [2.45, 2.75) is 19.9 Å². The number of ether oxygens (including phenoxy) is 1. The first-order valence-electron chi connectivity index (χ1n) is 6.08. The first kappa shape index (κ1) is 14.3. The molecule has 0 aliphatic rings. The number of aromatic nitrogens is 1. The van der Waals surface area contributed by atoms with Crippen LogP contribution in [-0.4, -0.2) is 29.5 Å². The molecule has 6 nitrogen and oxygen atoms in total. The average molecular weight is 294 g/mol. The smallest absolute Gasteiger partial charge is 0.328 e. The van der Waals surface area contributed by atoms with Gasteiger partial charge in [-0.15, -0.1) is 11.3 Å². The molecule has 1 N–H and O–H groups in total. The van der Waals surface area contributed by atoms with Crippen molar-refractivity contribution in [3.8, 4) is 10.8 Å². The maximum absolute atomic E-state index is 11.9. The van der Waals surface area contributed by atoms with Crippen LogP contribution in [0.4, 0.5) is 0 Å². The Hall–Kier alpha value is -2.15. The predicted octanol–water partition coefficient (Wildman–Crippen LogP) is 2.08. The van der Waals surface area contributed by atoms with Crippen LogP contribution in [0.1, 0.15) is 24.3 Å². The summed E-state index contributed by atoms with van der Waals surface area (Å²) in [6.07, 6.45) is 1.54. The minimum atomic E-state index is -0.712. The minimum absolute atomic E-state index is 0.248. The van der Waals surface area contributed by atoms with Crippen LogP contribution in [0.2, 0.25) is 0 Å². The average Bonchev–Trinajstić information content (AvgIpc) is 3.09. The fourth-order valence-corrected chi connectivity index (χ4v) is 2.25. The maximum atomic E-state index is 11.9. The molecule has 2 aromatic heterocycles. The lowest BCUT2D eigenvalue weighted by Gasteiger charge is -2.11. The number of rotatable bonds is 5. The van der Waals surface area contributed by atoms with Crippen LogP contribution in [-0.2, 0) is 9.53 Å². The van der Waals surface area contributed by atoms with Crippen LogP contribution in [0.3, 0.4) is 0 Å². The van der Waals surface area contributed by atoms with E-state index in [9.17, 15) is 9.59 Å². The third-order valence-corrected chi connectivity index (χ3v) is 3.31. The number of carbonyl (C=O) groups is 2. The van der Waals surface area contributed by atoms with Crippen molar-refractivity contribution in [2.75, 3.05) is 6.61 Å². The molecule has 0 spiro atoms. The molecule has 20 heavy (non-hydrogen) atoms. The summed E-state index contributed by atoms with van der Waals surface area (Å²) in [6, 6.07) is 2.80. The molecule has 1 atom stereocenters. The van der Waals surface area contributed by atoms with Gasteiger partial charge in [-0.05, 0) is 26.0 Å². The Morgan fingerprint density at radius 2 is 2.35 bits per heavy atom. The highest BCUT2D eigenvalue weighted by molar-refractivity contribution is 7.13. The van der Waals surface area contributed by atoms with Crippen LogP contribution in [0, 0.1) is 0 Å². The van der Waals surface area contributed by atoms with Gasteiger partial charge in [-0.2, -0.15) is 0 Å². The molecule has 0 saturated carbocycles. The lowest BCUT2D eigenvalue weighted by Crippen LogP contribution is -2.39. The topological polar surface area (TPSA) is 81.4 Å². The van der Waals surface area contributed by atoms with Gasteiger partial charge in [0.1, 0.15) is 11.7 Å². The lowest BCUT2D eigenvalue weighted by molar-refractivity contribution is -0.144. The SMILES string of the molecule is CCOC(=O)C(C)NC(=O)c1csc(-c2ccco2)n1. The summed E-state index contributed by atoms with van der Waals surface area (Å²) >= 11 is 1.30. The minimum Gasteiger partial charge on any atom is -0.464 e. The van der Waals surface area contributed by atoms with Crippen molar-refractivity contribution in [1.82, 2.24) is 10.3 Å². The van der Waals surface area contributed by atoms with Gasteiger partial charge in [-0.3, -0.25) is 4.79 Å². The van der Waals surface area contributed by atoms with Gasteiger partial charge in [0, 0.05) is 5.38 Å². The highest BCUT2D eigenvalue weighted by Crippen LogP contribution is 2.23. The fraction of sp³-hybridized carbons (Fsp3) is 0.308. The predicted molar refractivity (Wildman–Crippen MR) is 73.4 cm³/mol. The summed E-state index contributed by atoms with van der Waals surface area (Å²) in [5.41, 5.74) is 0.248. The summed E-state index contributed by atoms with van der Waals surface area (Å²) < 4.78 is 10.0. The zero-order valence-corrected chi connectivity index (χ0v) is 11.9. The van der Waals surface area contributed by atoms with Crippen molar-refractivity contribution < 1.29 is 18.7 Å². The zero-order valence-electron chi connectivity index (χ0n) is 11.1. The van der Waals surface area contributed by atoms with Gasteiger partial charge in [0.05, 0.1) is 12.9 Å². The van der Waals surface area contributed by atoms with E-state index in [2.05, 4.69) is 10.3 Å². The van der Waals surface area contributed by atoms with E-state index in [-0.39, 0.29) is 12.3 Å². The van der Waals surface area contributed by atoms with E-state index in [1.54, 1.807) is 37.6 Å². The van der Waals surface area contributed by atoms with Gasteiger partial charge >= 0.3 is 5.97 Å². The molecule has 7 heteroatoms. The zero-order chi connectivity index (χ0) is 14.5. The maximum Gasteiger partial charge on any atom is 0.328 e. The summed E-state index contributed by atoms with van der Waals surface area (Å²) in [4.78, 5) is 27.5. The molecule has 0 radical (unpaired) electrons. The number of thiazole rings is 1. The van der Waals surface area contributed by atoms with Gasteiger partial charge < -0.3 is 14.5 Å². The molecular formula is C13H14N2O4S. The van der Waals surface area contributed by atoms with Gasteiger partial charge in [-0.25, -0.2) is 9.78 Å². The summed E-state index contributed by atoms with van der Waals surface area (Å²) in [7, 11) is 0. The van der Waals surface area contributed by atoms with Crippen molar-refractivity contribution in [2.24, 2.45) is 0 Å². The number of amides is 1. The van der Waals surface area contributed by atoms with Crippen molar-refractivity contribution in [3.63, 3.8) is 0 Å². The number of nitrogens with one attached hydrogen (secondary N) is 1. The van der Waals surface area contributed by atoms with Crippen LogP contribution in [0.15, 0.2) is 28.2 Å². The van der Waals surface area contributed by atoms with Crippen LogP contribution in [0.5, 0.6) is 0 Å². The Kier molecular flexibility index (Phi) is 4.52. The Balaban J connectivity index is 2.01. The molecule has 0 aromatic carbocycles. The molecule has 106 valence electrons. The van der Waals surface area contributed by atoms with Crippen LogP contribution in [0.25, 0.3) is 10.8 Å². The highest BCUT2D eigenvalue weighted by Gasteiger charge is 2.19. The molecule has 2 rings (SSSR count). The van der Waals surface area contributed by atoms with E-state index < -0.39 is 17.9 Å². The highest BCUT2D eigenvalue weighted by atomic mass is 32.1. The van der Waals surface area contributed by atoms with Gasteiger partial charge in [0.25, 0.3) is 5.91 Å². The van der Waals surface area contributed by atoms with E-state index >= 15 is 0 Å². The third-order valence-electron chi connectivity index (χ3n) is 2.46. The number of hydrogen-bond acceptors (Lipinski definition) is 6. The number of esters is 1. The second-order valence-corrected chi connectivity index (χ2v) is 4.82. The molecular weight excluding hydrogens is 280 g/mol. The van der Waals surface area contributed by atoms with Crippen molar-refractivity contribution in [3.05, 3.63) is 29.5 Å². The molecule has 1 amide bonds. The number of carbonyl (C=O) groups excluding carboxylic acids is 2. The summed E-state index contributed by atoms with van der Waals surface area (Å²) in [5, 5.41) is 4.77. The van der Waals surface area contributed by atoms with Gasteiger partial charge in [-0.1, -0.05) is 0 Å². The standard InChI is InChI=1S/C13H14N2O4S/c1-3-18-13(17)8(2)14-11(16)9-7-20-12(15-9)10-5-4-6-19-10/h4-8H,3H2,1-2H3,(H,14,16). The second kappa shape index (κ2) is 6.33. The molecule has 1 unspecified atom stereocenters. The first-order chi connectivity index (χ1) is 9.61. The largest absolute Gasteiger partial charge is 0.464 e. The molecule has 0 aliphatic heterocycles. The van der Waals surface area contributed by atoms with Crippen LogP contribution < -0.4 is 5.32 Å². The molecule has 2 heterocycles. The van der Waals surface area contributed by atoms with E-state index in [1.165, 1.54) is 11.3 Å². The first-order valence-corrected chi connectivity index (χ1v) is 6.96. The molecule has 0 bridgehead atoms. The number of nitrogens with zero attached hydrogens (tertiary/aromatic N) is 1.